The van der Waals surface area contributed by atoms with Gasteiger partial charge in [-0.25, -0.2) is 0 Å². The summed E-state index contributed by atoms with van der Waals surface area (Å²) in [5.41, 5.74) is 3.13. The second-order valence-corrected chi connectivity index (χ2v) is 6.39. The van der Waals surface area contributed by atoms with Crippen molar-refractivity contribution < 1.29 is 9.47 Å². The van der Waals surface area contributed by atoms with E-state index in [1.54, 1.807) is 14.2 Å². The molecular formula is C19H19N3O2S. The Morgan fingerprint density at radius 2 is 1.76 bits per heavy atom. The molecule has 6 heteroatoms. The van der Waals surface area contributed by atoms with Gasteiger partial charge in [-0.15, -0.1) is 10.2 Å². The van der Waals surface area contributed by atoms with E-state index in [9.17, 15) is 0 Å². The van der Waals surface area contributed by atoms with Gasteiger partial charge < -0.3 is 14.8 Å². The molecule has 0 saturated heterocycles. The average Bonchev–Trinajstić information content (AvgIpc) is 3.09. The molecule has 0 bridgehead atoms. The molecule has 128 valence electrons. The van der Waals surface area contributed by atoms with Gasteiger partial charge in [0.05, 0.1) is 14.2 Å². The topological polar surface area (TPSA) is 56.3 Å². The third-order valence-corrected chi connectivity index (χ3v) is 4.39. The number of methoxy groups -OCH3 is 2. The highest BCUT2D eigenvalue weighted by molar-refractivity contribution is 7.16. The largest absolute Gasteiger partial charge is 0.497 e. The van der Waals surface area contributed by atoms with Crippen LogP contribution in [0.4, 0.5) is 10.8 Å². The Labute approximate surface area is 151 Å². The van der Waals surface area contributed by atoms with Crippen molar-refractivity contribution in [1.82, 2.24) is 10.2 Å². The van der Waals surface area contributed by atoms with Crippen LogP contribution in [0.2, 0.25) is 0 Å². The zero-order valence-corrected chi connectivity index (χ0v) is 15.1. The van der Waals surface area contributed by atoms with Gasteiger partial charge in [-0.1, -0.05) is 29.0 Å². The highest BCUT2D eigenvalue weighted by atomic mass is 32.1. The predicted molar refractivity (Wildman–Crippen MR) is 103 cm³/mol. The molecule has 0 saturated carbocycles. The lowest BCUT2D eigenvalue weighted by Gasteiger charge is -2.06. The predicted octanol–water partition coefficient (Wildman–Crippen LogP) is 4.78. The van der Waals surface area contributed by atoms with E-state index in [0.717, 1.165) is 32.9 Å². The second kappa shape index (κ2) is 7.81. The number of anilines is 2. The van der Waals surface area contributed by atoms with Crippen molar-refractivity contribution >= 4 is 34.3 Å². The number of hydrogen-bond donors (Lipinski definition) is 1. The van der Waals surface area contributed by atoms with E-state index < -0.39 is 0 Å². The van der Waals surface area contributed by atoms with Crippen LogP contribution < -0.4 is 14.8 Å². The summed E-state index contributed by atoms with van der Waals surface area (Å²) in [7, 11) is 3.29. The number of hydrogen-bond acceptors (Lipinski definition) is 6. The Balaban J connectivity index is 1.74. The summed E-state index contributed by atoms with van der Waals surface area (Å²) in [6, 6.07) is 13.8. The minimum Gasteiger partial charge on any atom is -0.497 e. The van der Waals surface area contributed by atoms with Gasteiger partial charge in [-0.2, -0.15) is 0 Å². The van der Waals surface area contributed by atoms with E-state index in [1.165, 1.54) is 16.9 Å². The first kappa shape index (κ1) is 17.0. The fourth-order valence-corrected chi connectivity index (χ4v) is 2.91. The molecule has 0 unspecified atom stereocenters. The Bertz CT molecular complexity index is 873. The average molecular weight is 353 g/mol. The minimum absolute atomic E-state index is 0.751. The number of aryl methyl sites for hydroxylation is 1. The molecule has 0 aliphatic rings. The number of rotatable bonds is 6. The number of benzene rings is 2. The molecule has 2 aromatic carbocycles. The van der Waals surface area contributed by atoms with Crippen LogP contribution in [-0.2, 0) is 0 Å². The van der Waals surface area contributed by atoms with Gasteiger partial charge in [0.2, 0.25) is 5.13 Å². The molecule has 0 aliphatic carbocycles. The van der Waals surface area contributed by atoms with Crippen LogP contribution in [-0.4, -0.2) is 24.4 Å². The van der Waals surface area contributed by atoms with Crippen LogP contribution in [0, 0.1) is 6.92 Å². The van der Waals surface area contributed by atoms with Crippen molar-refractivity contribution in [3.05, 3.63) is 58.6 Å². The molecule has 1 aromatic heterocycles. The maximum Gasteiger partial charge on any atom is 0.210 e. The number of ether oxygens (including phenoxy) is 2. The van der Waals surface area contributed by atoms with Gasteiger partial charge >= 0.3 is 0 Å². The van der Waals surface area contributed by atoms with Crippen LogP contribution in [0.3, 0.4) is 0 Å². The van der Waals surface area contributed by atoms with Crippen molar-refractivity contribution in [2.45, 2.75) is 6.92 Å². The molecule has 1 heterocycles. The Kier molecular flexibility index (Phi) is 5.30. The highest BCUT2D eigenvalue weighted by Gasteiger charge is 2.04. The third-order valence-electron chi connectivity index (χ3n) is 3.59. The summed E-state index contributed by atoms with van der Waals surface area (Å²) in [5.74, 6) is 1.55. The van der Waals surface area contributed by atoms with Crippen LogP contribution in [0.25, 0.3) is 12.2 Å². The van der Waals surface area contributed by atoms with Crippen molar-refractivity contribution in [3.8, 4) is 11.5 Å². The summed E-state index contributed by atoms with van der Waals surface area (Å²) in [5, 5.41) is 13.2. The van der Waals surface area contributed by atoms with E-state index in [4.69, 9.17) is 9.47 Å². The zero-order valence-electron chi connectivity index (χ0n) is 14.3. The maximum atomic E-state index is 5.38. The molecule has 25 heavy (non-hydrogen) atoms. The van der Waals surface area contributed by atoms with Crippen LogP contribution in [0.15, 0.2) is 42.5 Å². The molecule has 0 aliphatic heterocycles. The van der Waals surface area contributed by atoms with Crippen LogP contribution in [0.5, 0.6) is 11.5 Å². The lowest BCUT2D eigenvalue weighted by Crippen LogP contribution is -1.89. The van der Waals surface area contributed by atoms with Crippen molar-refractivity contribution in [2.75, 3.05) is 19.5 Å². The minimum atomic E-state index is 0.751. The van der Waals surface area contributed by atoms with Crippen molar-refractivity contribution in [1.29, 1.82) is 0 Å². The normalized spacial score (nSPS) is 10.8. The van der Waals surface area contributed by atoms with Crippen molar-refractivity contribution in [2.24, 2.45) is 0 Å². The molecule has 0 amide bonds. The third kappa shape index (κ3) is 4.36. The van der Waals surface area contributed by atoms with E-state index in [2.05, 4.69) is 34.6 Å². The van der Waals surface area contributed by atoms with E-state index in [0.29, 0.717) is 0 Å². The van der Waals surface area contributed by atoms with Gasteiger partial charge in [-0.05, 0) is 49.4 Å². The molecule has 1 N–H and O–H groups in total. The Morgan fingerprint density at radius 3 is 2.48 bits per heavy atom. The maximum absolute atomic E-state index is 5.38. The fourth-order valence-electron chi connectivity index (χ4n) is 2.24. The quantitative estimate of drug-likeness (QED) is 0.691. The fraction of sp³-hybridized carbons (Fsp3) is 0.158. The van der Waals surface area contributed by atoms with E-state index in [1.807, 2.05) is 42.5 Å². The van der Waals surface area contributed by atoms with Gasteiger partial charge in [0.1, 0.15) is 16.5 Å². The first-order chi connectivity index (χ1) is 12.2. The second-order valence-electron chi connectivity index (χ2n) is 5.38. The molecule has 5 nitrogen and oxygen atoms in total. The highest BCUT2D eigenvalue weighted by Crippen LogP contribution is 2.27. The van der Waals surface area contributed by atoms with Crippen LogP contribution in [0.1, 0.15) is 16.1 Å². The lowest BCUT2D eigenvalue weighted by atomic mass is 10.1. The summed E-state index contributed by atoms with van der Waals surface area (Å²) in [6.45, 7) is 2.06. The van der Waals surface area contributed by atoms with Gasteiger partial charge in [0.15, 0.2) is 0 Å². The van der Waals surface area contributed by atoms with Gasteiger partial charge in [0, 0.05) is 11.3 Å². The molecule has 0 fully saturated rings. The molecule has 0 spiro atoms. The standard InChI is InChI=1S/C19H19N3O2S/c1-13-4-7-15(8-5-13)20-19-22-21-18(25-19)11-6-14-12-16(23-2)9-10-17(14)24-3/h4-12H,1-3H3,(H,20,22)/b11-6+. The summed E-state index contributed by atoms with van der Waals surface area (Å²) >= 11 is 1.48. The molecule has 3 rings (SSSR count). The molecule has 0 atom stereocenters. The van der Waals surface area contributed by atoms with Crippen molar-refractivity contribution in [3.63, 3.8) is 0 Å². The smallest absolute Gasteiger partial charge is 0.210 e. The summed E-state index contributed by atoms with van der Waals surface area (Å²) in [6.07, 6.45) is 3.85. The summed E-state index contributed by atoms with van der Waals surface area (Å²) in [4.78, 5) is 0. The van der Waals surface area contributed by atoms with E-state index in [-0.39, 0.29) is 0 Å². The SMILES string of the molecule is COc1ccc(OC)c(/C=C/c2nnc(Nc3ccc(C)cc3)s2)c1. The zero-order chi connectivity index (χ0) is 17.6. The molecule has 3 aromatic rings. The lowest BCUT2D eigenvalue weighted by molar-refractivity contribution is 0.402. The number of nitrogens with one attached hydrogen (secondary N) is 1. The monoisotopic (exact) mass is 353 g/mol. The molecule has 0 radical (unpaired) electrons. The first-order valence-electron chi connectivity index (χ1n) is 7.75. The van der Waals surface area contributed by atoms with Crippen LogP contribution >= 0.6 is 11.3 Å². The Hall–Kier alpha value is -2.86. The number of nitrogens with zero attached hydrogens (tertiary/aromatic N) is 2. The Morgan fingerprint density at radius 1 is 0.960 bits per heavy atom. The van der Waals surface area contributed by atoms with Gasteiger partial charge in [-0.3, -0.25) is 0 Å². The summed E-state index contributed by atoms with van der Waals surface area (Å²) < 4.78 is 10.6. The number of aromatic nitrogens is 2. The first-order valence-corrected chi connectivity index (χ1v) is 8.57. The van der Waals surface area contributed by atoms with E-state index >= 15 is 0 Å². The van der Waals surface area contributed by atoms with Gasteiger partial charge in [0.25, 0.3) is 0 Å². The molecular weight excluding hydrogens is 334 g/mol.